The number of carbonyl (C=O) groups is 3. The molecule has 0 bridgehead atoms. The fourth-order valence-electron chi connectivity index (χ4n) is 1.94. The molecule has 8 heteroatoms. The molecule has 0 heterocycles. The van der Waals surface area contributed by atoms with Gasteiger partial charge in [-0.25, -0.2) is 9.59 Å². The Labute approximate surface area is 153 Å². The van der Waals surface area contributed by atoms with Crippen LogP contribution in [0.15, 0.2) is 42.5 Å². The summed E-state index contributed by atoms with van der Waals surface area (Å²) in [6, 6.07) is 10.5. The maximum Gasteiger partial charge on any atom is 0.339 e. The Bertz CT molecular complexity index is 822. The molecular weight excluding hydrogens is 369 g/mol. The van der Waals surface area contributed by atoms with Gasteiger partial charge in [-0.05, 0) is 30.3 Å². The Hall–Kier alpha value is -2.57. The van der Waals surface area contributed by atoms with Crippen molar-refractivity contribution in [3.05, 3.63) is 63.6 Å². The maximum absolute atomic E-state index is 12.1. The van der Waals surface area contributed by atoms with E-state index in [1.54, 1.807) is 18.2 Å². The quantitative estimate of drug-likeness (QED) is 0.800. The summed E-state index contributed by atoms with van der Waals surface area (Å²) in [7, 11) is 1.20. The molecule has 0 unspecified atom stereocenters. The average Bonchev–Trinajstić information content (AvgIpc) is 2.62. The fraction of sp³-hybridized carbons (Fsp3) is 0.118. The fourth-order valence-corrected chi connectivity index (χ4v) is 2.27. The van der Waals surface area contributed by atoms with Crippen molar-refractivity contribution >= 4 is 46.7 Å². The zero-order valence-corrected chi connectivity index (χ0v) is 14.6. The lowest BCUT2D eigenvalue weighted by atomic mass is 10.1. The number of rotatable bonds is 5. The van der Waals surface area contributed by atoms with Gasteiger partial charge in [0.15, 0.2) is 6.61 Å². The highest BCUT2D eigenvalue weighted by atomic mass is 35.5. The first-order valence-corrected chi connectivity index (χ1v) is 7.77. The van der Waals surface area contributed by atoms with Crippen LogP contribution in [0.2, 0.25) is 10.0 Å². The minimum absolute atomic E-state index is 0.00272. The molecule has 6 nitrogen and oxygen atoms in total. The molecule has 0 saturated carbocycles. The Morgan fingerprint density at radius 2 is 1.64 bits per heavy atom. The highest BCUT2D eigenvalue weighted by Gasteiger charge is 2.19. The van der Waals surface area contributed by atoms with Crippen molar-refractivity contribution in [2.24, 2.45) is 0 Å². The molecule has 0 aliphatic heterocycles. The largest absolute Gasteiger partial charge is 0.465 e. The molecule has 0 aromatic heterocycles. The summed E-state index contributed by atoms with van der Waals surface area (Å²) in [6.07, 6.45) is 0. The molecule has 2 aromatic carbocycles. The second kappa shape index (κ2) is 8.50. The second-order valence-electron chi connectivity index (χ2n) is 4.79. The molecule has 0 spiro atoms. The molecule has 130 valence electrons. The standard InChI is InChI=1S/C17H13Cl2NO5/c1-24-16(22)11-4-2-3-5-12(11)17(23)25-9-15(21)20-14-8-10(18)6-7-13(14)19/h2-8H,9H2,1H3,(H,20,21). The highest BCUT2D eigenvalue weighted by Crippen LogP contribution is 2.25. The first kappa shape index (κ1) is 18.8. The van der Waals surface area contributed by atoms with Crippen molar-refractivity contribution in [3.63, 3.8) is 0 Å². The number of hydrogen-bond donors (Lipinski definition) is 1. The van der Waals surface area contributed by atoms with Crippen LogP contribution in [0.5, 0.6) is 0 Å². The van der Waals surface area contributed by atoms with Crippen LogP contribution in [0.1, 0.15) is 20.7 Å². The third-order valence-electron chi connectivity index (χ3n) is 3.09. The van der Waals surface area contributed by atoms with Crippen molar-refractivity contribution < 1.29 is 23.9 Å². The predicted octanol–water partition coefficient (Wildman–Crippen LogP) is 3.58. The van der Waals surface area contributed by atoms with Crippen LogP contribution in [0.3, 0.4) is 0 Å². The van der Waals surface area contributed by atoms with E-state index in [0.29, 0.717) is 15.7 Å². The van der Waals surface area contributed by atoms with Crippen LogP contribution < -0.4 is 5.32 Å². The number of hydrogen-bond acceptors (Lipinski definition) is 5. The Kier molecular flexibility index (Phi) is 6.38. The lowest BCUT2D eigenvalue weighted by Gasteiger charge is -2.10. The Balaban J connectivity index is 2.02. The minimum Gasteiger partial charge on any atom is -0.465 e. The number of benzene rings is 2. The minimum atomic E-state index is -0.826. The molecule has 0 fully saturated rings. The number of nitrogens with one attached hydrogen (secondary N) is 1. The first-order chi connectivity index (χ1) is 11.9. The molecule has 1 N–H and O–H groups in total. The zero-order valence-electron chi connectivity index (χ0n) is 13.0. The van der Waals surface area contributed by atoms with Gasteiger partial charge < -0.3 is 14.8 Å². The number of esters is 2. The smallest absolute Gasteiger partial charge is 0.339 e. The van der Waals surface area contributed by atoms with Crippen LogP contribution in [0.25, 0.3) is 0 Å². The van der Waals surface area contributed by atoms with Gasteiger partial charge in [-0.3, -0.25) is 4.79 Å². The van der Waals surface area contributed by atoms with E-state index in [2.05, 4.69) is 10.1 Å². The number of ether oxygens (including phenoxy) is 2. The number of amides is 1. The number of halogens is 2. The average molecular weight is 382 g/mol. The zero-order chi connectivity index (χ0) is 18.4. The molecule has 0 atom stereocenters. The summed E-state index contributed by atoms with van der Waals surface area (Å²) in [4.78, 5) is 35.7. The SMILES string of the molecule is COC(=O)c1ccccc1C(=O)OCC(=O)Nc1cc(Cl)ccc1Cl. The third kappa shape index (κ3) is 4.95. The molecule has 25 heavy (non-hydrogen) atoms. The molecule has 0 radical (unpaired) electrons. The molecule has 0 aliphatic rings. The monoisotopic (exact) mass is 381 g/mol. The van der Waals surface area contributed by atoms with E-state index in [1.807, 2.05) is 0 Å². The summed E-state index contributed by atoms with van der Waals surface area (Å²) in [5.41, 5.74) is 0.349. The van der Waals surface area contributed by atoms with Crippen LogP contribution in [-0.2, 0) is 14.3 Å². The van der Waals surface area contributed by atoms with Gasteiger partial charge in [0.2, 0.25) is 0 Å². The van der Waals surface area contributed by atoms with Gasteiger partial charge >= 0.3 is 11.9 Å². The van der Waals surface area contributed by atoms with Gasteiger partial charge in [-0.2, -0.15) is 0 Å². The summed E-state index contributed by atoms with van der Waals surface area (Å²) in [5, 5.41) is 3.17. The van der Waals surface area contributed by atoms with Gasteiger partial charge in [-0.1, -0.05) is 35.3 Å². The maximum atomic E-state index is 12.1. The van der Waals surface area contributed by atoms with Crippen molar-refractivity contribution in [1.82, 2.24) is 0 Å². The second-order valence-corrected chi connectivity index (χ2v) is 5.63. The third-order valence-corrected chi connectivity index (χ3v) is 3.65. The van der Waals surface area contributed by atoms with Gasteiger partial charge in [0, 0.05) is 5.02 Å². The van der Waals surface area contributed by atoms with E-state index in [-0.39, 0.29) is 11.1 Å². The van der Waals surface area contributed by atoms with Crippen molar-refractivity contribution in [2.75, 3.05) is 19.0 Å². The van der Waals surface area contributed by atoms with Crippen molar-refractivity contribution in [1.29, 1.82) is 0 Å². The van der Waals surface area contributed by atoms with Gasteiger partial charge in [0.25, 0.3) is 5.91 Å². The number of methoxy groups -OCH3 is 1. The normalized spacial score (nSPS) is 10.0. The van der Waals surface area contributed by atoms with Crippen LogP contribution >= 0.6 is 23.2 Å². The summed E-state index contributed by atoms with van der Waals surface area (Å²) >= 11 is 11.8. The van der Waals surface area contributed by atoms with Crippen LogP contribution in [0.4, 0.5) is 5.69 Å². The summed E-state index contributed by atoms with van der Waals surface area (Å²) in [5.74, 6) is -2.11. The molecule has 0 aliphatic carbocycles. The van der Waals surface area contributed by atoms with E-state index < -0.39 is 24.5 Å². The lowest BCUT2D eigenvalue weighted by Crippen LogP contribution is -2.22. The van der Waals surface area contributed by atoms with Crippen molar-refractivity contribution in [2.45, 2.75) is 0 Å². The molecule has 2 rings (SSSR count). The molecular formula is C17H13Cl2NO5. The van der Waals surface area contributed by atoms with Crippen LogP contribution in [0, 0.1) is 0 Å². The Morgan fingerprint density at radius 1 is 1.00 bits per heavy atom. The van der Waals surface area contributed by atoms with Gasteiger partial charge in [-0.15, -0.1) is 0 Å². The van der Waals surface area contributed by atoms with E-state index in [9.17, 15) is 14.4 Å². The molecule has 1 amide bonds. The van der Waals surface area contributed by atoms with E-state index in [4.69, 9.17) is 27.9 Å². The first-order valence-electron chi connectivity index (χ1n) is 7.01. The van der Waals surface area contributed by atoms with Crippen LogP contribution in [-0.4, -0.2) is 31.6 Å². The summed E-state index contributed by atoms with van der Waals surface area (Å²) in [6.45, 7) is -0.558. The van der Waals surface area contributed by atoms with E-state index >= 15 is 0 Å². The highest BCUT2D eigenvalue weighted by molar-refractivity contribution is 6.35. The van der Waals surface area contributed by atoms with E-state index in [0.717, 1.165) is 0 Å². The topological polar surface area (TPSA) is 81.7 Å². The summed E-state index contributed by atoms with van der Waals surface area (Å²) < 4.78 is 9.54. The Morgan fingerprint density at radius 3 is 2.28 bits per heavy atom. The number of carbonyl (C=O) groups excluding carboxylic acids is 3. The predicted molar refractivity (Wildman–Crippen MR) is 93.2 cm³/mol. The van der Waals surface area contributed by atoms with Gasteiger partial charge in [0.1, 0.15) is 0 Å². The number of anilines is 1. The van der Waals surface area contributed by atoms with Crippen molar-refractivity contribution in [3.8, 4) is 0 Å². The molecule has 2 aromatic rings. The van der Waals surface area contributed by atoms with Gasteiger partial charge in [0.05, 0.1) is 28.9 Å². The van der Waals surface area contributed by atoms with E-state index in [1.165, 1.54) is 31.4 Å². The lowest BCUT2D eigenvalue weighted by molar-refractivity contribution is -0.119. The molecule has 0 saturated heterocycles.